The molecule has 0 saturated heterocycles. The van der Waals surface area contributed by atoms with Crippen molar-refractivity contribution < 1.29 is 4.42 Å². The minimum absolute atomic E-state index is 0.929. The summed E-state index contributed by atoms with van der Waals surface area (Å²) in [4.78, 5) is 0. The normalized spacial score (nSPS) is 12.4. The first-order valence-electron chi connectivity index (χ1n) is 18.9. The van der Waals surface area contributed by atoms with Gasteiger partial charge in [0.25, 0.3) is 0 Å². The van der Waals surface area contributed by atoms with E-state index < -0.39 is 0 Å². The molecule has 0 bridgehead atoms. The third kappa shape index (κ3) is 3.84. The van der Waals surface area contributed by atoms with E-state index in [0.717, 1.165) is 11.2 Å². The fraction of sp³-hybridized carbons (Fsp3) is 0. The van der Waals surface area contributed by atoms with Crippen molar-refractivity contribution >= 4 is 76.3 Å². The first-order chi connectivity index (χ1) is 27.3. The molecule has 0 unspecified atom stereocenters. The molecule has 55 heavy (non-hydrogen) atoms. The smallest absolute Gasteiger partial charge is 0.136 e. The average molecular weight is 699 g/mol. The molecule has 9 aromatic carbocycles. The maximum atomic E-state index is 6.35. The average Bonchev–Trinajstić information content (AvgIpc) is 3.98. The Morgan fingerprint density at radius 1 is 0.327 bits per heavy atom. The molecule has 0 fully saturated rings. The van der Waals surface area contributed by atoms with Crippen molar-refractivity contribution in [1.29, 1.82) is 0 Å². The van der Waals surface area contributed by atoms with E-state index >= 15 is 0 Å². The van der Waals surface area contributed by atoms with E-state index in [2.05, 4.69) is 185 Å². The lowest BCUT2D eigenvalue weighted by Gasteiger charge is -2.13. The van der Waals surface area contributed by atoms with E-state index in [1.54, 1.807) is 0 Å². The van der Waals surface area contributed by atoms with Gasteiger partial charge in [-0.2, -0.15) is 0 Å². The van der Waals surface area contributed by atoms with Crippen LogP contribution in [0.25, 0.3) is 121 Å². The van der Waals surface area contributed by atoms with Crippen LogP contribution in [0.1, 0.15) is 0 Å². The highest BCUT2D eigenvalue weighted by Gasteiger charge is 2.27. The first-order valence-corrected chi connectivity index (χ1v) is 18.9. The second-order valence-electron chi connectivity index (χ2n) is 14.8. The van der Waals surface area contributed by atoms with Gasteiger partial charge in [-0.1, -0.05) is 109 Å². The minimum Gasteiger partial charge on any atom is -0.456 e. The van der Waals surface area contributed by atoms with Crippen molar-refractivity contribution in [1.82, 2.24) is 9.13 Å². The summed E-state index contributed by atoms with van der Waals surface area (Å²) < 4.78 is 11.2. The molecule has 13 rings (SSSR count). The van der Waals surface area contributed by atoms with Gasteiger partial charge in [0.05, 0.1) is 27.8 Å². The standard InChI is InChI=1S/C52H30N2O/c1-2-11-33(12-3-1)53-43-18-7-4-13-34(43)41-29-31(21-25-46(41)53)32-22-26-47-42(30-32)35-14-5-8-19-44(35)54(47)45-27-23-40-50-36(16-10-17-38(45)50)37-24-28-49-52(51(37)40)39-15-6-9-20-48(39)55-49/h1-30H. The SMILES string of the molecule is c1ccc(-n2c3ccccc3c3cc(-c4ccc5c(c4)c4ccccc4n5-c4ccc5c6c(cccc46)-c4ccc6oc7ccccc7c6c4-5)ccc32)cc1. The van der Waals surface area contributed by atoms with Gasteiger partial charge in [0.1, 0.15) is 11.2 Å². The molecule has 0 N–H and O–H groups in total. The van der Waals surface area contributed by atoms with Crippen LogP contribution in [0.4, 0.5) is 0 Å². The third-order valence-corrected chi connectivity index (χ3v) is 12.1. The number of rotatable bonds is 3. The van der Waals surface area contributed by atoms with Crippen LogP contribution in [0, 0.1) is 0 Å². The van der Waals surface area contributed by atoms with E-state index in [1.807, 2.05) is 6.07 Å². The molecular formula is C52H30N2O. The van der Waals surface area contributed by atoms with Crippen LogP contribution in [0.2, 0.25) is 0 Å². The number of aromatic nitrogens is 2. The molecule has 1 aliphatic rings. The van der Waals surface area contributed by atoms with E-state index in [0.29, 0.717) is 0 Å². The van der Waals surface area contributed by atoms with Crippen molar-refractivity contribution in [2.45, 2.75) is 0 Å². The Kier molecular flexibility index (Phi) is 5.63. The highest BCUT2D eigenvalue weighted by atomic mass is 16.3. The Balaban J connectivity index is 1.02. The zero-order valence-corrected chi connectivity index (χ0v) is 29.6. The third-order valence-electron chi connectivity index (χ3n) is 12.1. The van der Waals surface area contributed by atoms with E-state index in [9.17, 15) is 0 Å². The van der Waals surface area contributed by atoms with Crippen LogP contribution >= 0.6 is 0 Å². The lowest BCUT2D eigenvalue weighted by molar-refractivity contribution is 0.669. The van der Waals surface area contributed by atoms with Gasteiger partial charge in [0, 0.05) is 49.0 Å². The molecule has 0 amide bonds. The van der Waals surface area contributed by atoms with Crippen molar-refractivity contribution in [3.63, 3.8) is 0 Å². The summed E-state index contributed by atoms with van der Waals surface area (Å²) >= 11 is 0. The van der Waals surface area contributed by atoms with Gasteiger partial charge < -0.3 is 13.6 Å². The van der Waals surface area contributed by atoms with Gasteiger partial charge in [-0.05, 0) is 106 Å². The van der Waals surface area contributed by atoms with E-state index in [1.165, 1.54) is 110 Å². The van der Waals surface area contributed by atoms with E-state index in [4.69, 9.17) is 4.42 Å². The summed E-state index contributed by atoms with van der Waals surface area (Å²) in [6, 6.07) is 66.5. The summed E-state index contributed by atoms with van der Waals surface area (Å²) in [5, 5.41) is 9.93. The molecule has 1 aliphatic carbocycles. The molecule has 0 radical (unpaired) electrons. The molecule has 0 saturated carbocycles. The molecule has 0 spiro atoms. The van der Waals surface area contributed by atoms with Crippen molar-refractivity contribution in [2.24, 2.45) is 0 Å². The summed E-state index contributed by atoms with van der Waals surface area (Å²) in [6.45, 7) is 0. The summed E-state index contributed by atoms with van der Waals surface area (Å²) in [5.74, 6) is 0. The largest absolute Gasteiger partial charge is 0.456 e. The Morgan fingerprint density at radius 2 is 0.927 bits per heavy atom. The fourth-order valence-corrected chi connectivity index (χ4v) is 9.76. The topological polar surface area (TPSA) is 23.0 Å². The van der Waals surface area contributed by atoms with Crippen molar-refractivity contribution in [2.75, 3.05) is 0 Å². The molecule has 3 aromatic heterocycles. The van der Waals surface area contributed by atoms with Crippen LogP contribution in [0.3, 0.4) is 0 Å². The number of furan rings is 1. The molecule has 3 nitrogen and oxygen atoms in total. The quantitative estimate of drug-likeness (QED) is 0.180. The predicted molar refractivity (Wildman–Crippen MR) is 230 cm³/mol. The lowest BCUT2D eigenvalue weighted by atomic mass is 9.98. The number of hydrogen-bond donors (Lipinski definition) is 0. The van der Waals surface area contributed by atoms with Gasteiger partial charge in [-0.25, -0.2) is 0 Å². The number of fused-ring (bicyclic) bond motifs is 13. The predicted octanol–water partition coefficient (Wildman–Crippen LogP) is 14.2. The van der Waals surface area contributed by atoms with E-state index in [-0.39, 0.29) is 0 Å². The number of nitrogens with zero attached hydrogens (tertiary/aromatic N) is 2. The molecule has 0 atom stereocenters. The minimum atomic E-state index is 0.929. The summed E-state index contributed by atoms with van der Waals surface area (Å²) in [5.41, 5.74) is 16.6. The first kappa shape index (κ1) is 29.1. The maximum absolute atomic E-state index is 6.35. The highest BCUT2D eigenvalue weighted by Crippen LogP contribution is 2.53. The summed E-state index contributed by atoms with van der Waals surface area (Å²) in [6.07, 6.45) is 0. The second kappa shape index (κ2) is 10.6. The Hall–Kier alpha value is -7.36. The molecule has 254 valence electrons. The second-order valence-corrected chi connectivity index (χ2v) is 14.8. The molecule has 3 heteroatoms. The van der Waals surface area contributed by atoms with Gasteiger partial charge in [-0.15, -0.1) is 0 Å². The zero-order chi connectivity index (χ0) is 35.8. The molecular weight excluding hydrogens is 669 g/mol. The zero-order valence-electron chi connectivity index (χ0n) is 29.6. The van der Waals surface area contributed by atoms with Crippen LogP contribution in [-0.2, 0) is 0 Å². The number of para-hydroxylation sites is 4. The van der Waals surface area contributed by atoms with Crippen molar-refractivity contribution in [3.05, 3.63) is 182 Å². The van der Waals surface area contributed by atoms with Crippen LogP contribution in [0.5, 0.6) is 0 Å². The molecule has 3 heterocycles. The van der Waals surface area contributed by atoms with Gasteiger partial charge in [0.15, 0.2) is 0 Å². The van der Waals surface area contributed by atoms with Crippen molar-refractivity contribution in [3.8, 4) is 44.8 Å². The number of hydrogen-bond acceptors (Lipinski definition) is 1. The van der Waals surface area contributed by atoms with Gasteiger partial charge in [0.2, 0.25) is 0 Å². The fourth-order valence-electron chi connectivity index (χ4n) is 9.76. The van der Waals surface area contributed by atoms with Crippen LogP contribution < -0.4 is 0 Å². The Bertz CT molecular complexity index is 3600. The monoisotopic (exact) mass is 698 g/mol. The van der Waals surface area contributed by atoms with Crippen LogP contribution in [-0.4, -0.2) is 9.13 Å². The Morgan fingerprint density at radius 3 is 1.69 bits per heavy atom. The lowest BCUT2D eigenvalue weighted by Crippen LogP contribution is -1.95. The highest BCUT2D eigenvalue weighted by molar-refractivity contribution is 6.26. The maximum Gasteiger partial charge on any atom is 0.136 e. The van der Waals surface area contributed by atoms with Gasteiger partial charge >= 0.3 is 0 Å². The molecule has 12 aromatic rings. The van der Waals surface area contributed by atoms with Gasteiger partial charge in [-0.3, -0.25) is 0 Å². The number of benzene rings is 9. The Labute approximate surface area is 315 Å². The van der Waals surface area contributed by atoms with Crippen LogP contribution in [0.15, 0.2) is 186 Å². The molecule has 0 aliphatic heterocycles. The summed E-state index contributed by atoms with van der Waals surface area (Å²) in [7, 11) is 0.